The summed E-state index contributed by atoms with van der Waals surface area (Å²) >= 11 is 0. The van der Waals surface area contributed by atoms with E-state index in [4.69, 9.17) is 0 Å². The zero-order valence-electron chi connectivity index (χ0n) is 24.6. The number of hydrogen-bond acceptors (Lipinski definition) is 5. The molecule has 1 saturated heterocycles. The van der Waals surface area contributed by atoms with Crippen molar-refractivity contribution in [1.29, 1.82) is 0 Å². The van der Waals surface area contributed by atoms with Gasteiger partial charge in [-0.1, -0.05) is 39.0 Å². The Balaban J connectivity index is 1.09. The van der Waals surface area contributed by atoms with Crippen LogP contribution >= 0.6 is 0 Å². The van der Waals surface area contributed by atoms with Crippen LogP contribution in [0.5, 0.6) is 0 Å². The van der Waals surface area contributed by atoms with Crippen LogP contribution in [0.2, 0.25) is 0 Å². The molecule has 226 valence electrons. The first-order valence-electron chi connectivity index (χ1n) is 15.3. The van der Waals surface area contributed by atoms with E-state index in [9.17, 15) is 18.0 Å². The SMILES string of the molecule is CCc1c(C)c2c3c(C(F)(F)F)cc(=O)[nH]c3ccc2n1CCCCCCCCCN1CCN(c2ncccn2)CC1. The van der Waals surface area contributed by atoms with E-state index in [-0.39, 0.29) is 10.9 Å². The highest BCUT2D eigenvalue weighted by Gasteiger charge is 2.34. The monoisotopic (exact) mass is 582 g/mol. The van der Waals surface area contributed by atoms with Gasteiger partial charge in [-0.15, -0.1) is 0 Å². The average Bonchev–Trinajstić information content (AvgIpc) is 3.26. The van der Waals surface area contributed by atoms with Crippen molar-refractivity contribution in [2.45, 2.75) is 77.9 Å². The molecule has 7 nitrogen and oxygen atoms in total. The lowest BCUT2D eigenvalue weighted by atomic mass is 10.0. The number of fused-ring (bicyclic) bond motifs is 3. The number of piperazine rings is 1. The number of pyridine rings is 1. The maximum absolute atomic E-state index is 13.9. The lowest BCUT2D eigenvalue weighted by Gasteiger charge is -2.34. The molecular weight excluding hydrogens is 541 g/mol. The van der Waals surface area contributed by atoms with Gasteiger partial charge in [0.2, 0.25) is 11.5 Å². The van der Waals surface area contributed by atoms with Gasteiger partial charge in [0.1, 0.15) is 0 Å². The number of anilines is 1. The molecule has 5 rings (SSSR count). The van der Waals surface area contributed by atoms with E-state index >= 15 is 0 Å². The first kappa shape index (κ1) is 30.1. The number of rotatable bonds is 12. The zero-order valence-corrected chi connectivity index (χ0v) is 24.6. The first-order chi connectivity index (χ1) is 20.3. The number of alkyl halides is 3. The van der Waals surface area contributed by atoms with E-state index in [0.717, 1.165) is 87.7 Å². The van der Waals surface area contributed by atoms with Crippen molar-refractivity contribution in [3.05, 3.63) is 63.8 Å². The van der Waals surface area contributed by atoms with Crippen LogP contribution in [0.25, 0.3) is 21.8 Å². The fourth-order valence-electron chi connectivity index (χ4n) is 6.49. The predicted molar refractivity (Wildman–Crippen MR) is 162 cm³/mol. The molecule has 1 N–H and O–H groups in total. The number of unbranched alkanes of at least 4 members (excludes halogenated alkanes) is 6. The van der Waals surface area contributed by atoms with Crippen LogP contribution in [0.15, 0.2) is 41.5 Å². The summed E-state index contributed by atoms with van der Waals surface area (Å²) < 4.78 is 44.0. The van der Waals surface area contributed by atoms with E-state index in [1.54, 1.807) is 18.5 Å². The van der Waals surface area contributed by atoms with Crippen molar-refractivity contribution < 1.29 is 13.2 Å². The van der Waals surface area contributed by atoms with Gasteiger partial charge in [-0.3, -0.25) is 9.69 Å². The Kier molecular flexibility index (Phi) is 9.50. The molecule has 0 aliphatic carbocycles. The highest BCUT2D eigenvalue weighted by molar-refractivity contribution is 6.09. The number of nitrogens with one attached hydrogen (secondary N) is 1. The van der Waals surface area contributed by atoms with E-state index in [2.05, 4.69) is 29.3 Å². The van der Waals surface area contributed by atoms with Crippen molar-refractivity contribution >= 4 is 27.8 Å². The summed E-state index contributed by atoms with van der Waals surface area (Å²) in [5, 5.41) is 0.695. The van der Waals surface area contributed by atoms with Crippen LogP contribution in [0, 0.1) is 6.92 Å². The predicted octanol–water partition coefficient (Wildman–Crippen LogP) is 6.72. The van der Waals surface area contributed by atoms with Gasteiger partial charge in [-0.25, -0.2) is 9.97 Å². The van der Waals surface area contributed by atoms with E-state index in [1.165, 1.54) is 25.7 Å². The Morgan fingerprint density at radius 2 is 1.52 bits per heavy atom. The van der Waals surface area contributed by atoms with Crippen molar-refractivity contribution in [2.24, 2.45) is 0 Å². The van der Waals surface area contributed by atoms with Crippen LogP contribution in [0.3, 0.4) is 0 Å². The second-order valence-electron chi connectivity index (χ2n) is 11.4. The summed E-state index contributed by atoms with van der Waals surface area (Å²) in [5.41, 5.74) is 1.37. The van der Waals surface area contributed by atoms with Crippen LogP contribution in [-0.2, 0) is 19.1 Å². The maximum atomic E-state index is 13.9. The van der Waals surface area contributed by atoms with Crippen molar-refractivity contribution in [2.75, 3.05) is 37.6 Å². The normalized spacial score (nSPS) is 14.8. The molecule has 0 amide bonds. The summed E-state index contributed by atoms with van der Waals surface area (Å²) in [6.07, 6.45) is 7.86. The molecule has 1 aliphatic rings. The van der Waals surface area contributed by atoms with Crippen LogP contribution in [0.1, 0.15) is 68.7 Å². The minimum Gasteiger partial charge on any atom is -0.344 e. The van der Waals surface area contributed by atoms with Gasteiger partial charge < -0.3 is 14.5 Å². The molecule has 0 bridgehead atoms. The molecule has 10 heteroatoms. The van der Waals surface area contributed by atoms with Gasteiger partial charge in [0.15, 0.2) is 0 Å². The average molecular weight is 583 g/mol. The standard InChI is InChI=1S/C32H41F3N6O/c1-3-26-23(2)29-27(13-12-25-30(29)24(32(33,34)35)22-28(42)38-25)41(26)17-10-8-6-4-5-7-9-16-39-18-20-40(21-19-39)31-36-14-11-15-37-31/h11-15,22H,3-10,16-21H2,1-2H3,(H,38,42). The summed E-state index contributed by atoms with van der Waals surface area (Å²) in [5.74, 6) is 0.824. The Morgan fingerprint density at radius 1 is 0.881 bits per heavy atom. The lowest BCUT2D eigenvalue weighted by Crippen LogP contribution is -2.47. The van der Waals surface area contributed by atoms with Gasteiger partial charge in [-0.2, -0.15) is 13.2 Å². The summed E-state index contributed by atoms with van der Waals surface area (Å²) in [4.78, 5) is 28.0. The Morgan fingerprint density at radius 3 is 2.17 bits per heavy atom. The fourth-order valence-corrected chi connectivity index (χ4v) is 6.49. The van der Waals surface area contributed by atoms with Crippen LogP contribution < -0.4 is 10.5 Å². The quantitative estimate of drug-likeness (QED) is 0.188. The van der Waals surface area contributed by atoms with Crippen LogP contribution in [-0.4, -0.2) is 57.1 Å². The van der Waals surface area contributed by atoms with Crippen molar-refractivity contribution in [3.8, 4) is 0 Å². The molecule has 4 aromatic rings. The molecule has 4 heterocycles. The lowest BCUT2D eigenvalue weighted by molar-refractivity contribution is -0.136. The van der Waals surface area contributed by atoms with E-state index < -0.39 is 17.3 Å². The molecule has 42 heavy (non-hydrogen) atoms. The van der Waals surface area contributed by atoms with Crippen molar-refractivity contribution in [3.63, 3.8) is 0 Å². The number of aromatic nitrogens is 4. The first-order valence-corrected chi connectivity index (χ1v) is 15.3. The Bertz CT molecular complexity index is 1540. The summed E-state index contributed by atoms with van der Waals surface area (Å²) in [7, 11) is 0. The molecular formula is C32H41F3N6O. The second-order valence-corrected chi connectivity index (χ2v) is 11.4. The highest BCUT2D eigenvalue weighted by atomic mass is 19.4. The minimum absolute atomic E-state index is 0.0950. The third-order valence-electron chi connectivity index (χ3n) is 8.61. The minimum atomic E-state index is -4.60. The zero-order chi connectivity index (χ0) is 29.7. The number of nitrogens with zero attached hydrogens (tertiary/aromatic N) is 5. The topological polar surface area (TPSA) is 70.1 Å². The maximum Gasteiger partial charge on any atom is 0.417 e. The molecule has 1 aliphatic heterocycles. The number of hydrogen-bond donors (Lipinski definition) is 1. The highest BCUT2D eigenvalue weighted by Crippen LogP contribution is 2.39. The van der Waals surface area contributed by atoms with Crippen molar-refractivity contribution in [1.82, 2.24) is 24.4 Å². The fraction of sp³-hybridized carbons (Fsp3) is 0.531. The van der Waals surface area contributed by atoms with E-state index in [1.807, 2.05) is 26.0 Å². The molecule has 0 atom stereocenters. The molecule has 0 spiro atoms. The van der Waals surface area contributed by atoms with Gasteiger partial charge in [-0.05, 0) is 56.5 Å². The third kappa shape index (κ3) is 6.64. The third-order valence-corrected chi connectivity index (χ3v) is 8.61. The second kappa shape index (κ2) is 13.3. The molecule has 0 saturated carbocycles. The van der Waals surface area contributed by atoms with Gasteiger partial charge in [0, 0.05) is 78.7 Å². The largest absolute Gasteiger partial charge is 0.417 e. The number of halogens is 3. The summed E-state index contributed by atoms with van der Waals surface area (Å²) in [6.45, 7) is 9.92. The number of aromatic amines is 1. The summed E-state index contributed by atoms with van der Waals surface area (Å²) in [6, 6.07) is 6.00. The molecule has 1 aromatic carbocycles. The molecule has 1 fully saturated rings. The van der Waals surface area contributed by atoms with E-state index in [0.29, 0.717) is 11.5 Å². The molecule has 0 unspecified atom stereocenters. The molecule has 3 aromatic heterocycles. The smallest absolute Gasteiger partial charge is 0.344 e. The number of benzene rings is 1. The van der Waals surface area contributed by atoms with Gasteiger partial charge >= 0.3 is 6.18 Å². The number of H-pyrrole nitrogens is 1. The molecule has 0 radical (unpaired) electrons. The van der Waals surface area contributed by atoms with Crippen LogP contribution in [0.4, 0.5) is 19.1 Å². The van der Waals surface area contributed by atoms with Gasteiger partial charge in [0.05, 0.1) is 5.56 Å². The van der Waals surface area contributed by atoms with Gasteiger partial charge in [0.25, 0.3) is 0 Å². The Labute approximate surface area is 244 Å². The number of aryl methyl sites for hydroxylation is 2. The Hall–Kier alpha value is -3.40.